The number of ether oxygens (including phenoxy) is 10. The zero-order chi connectivity index (χ0) is 51.4. The Morgan fingerprint density at radius 2 is 1.39 bits per heavy atom. The third-order valence-electron chi connectivity index (χ3n) is 17.5. The number of methoxy groups -OCH3 is 2. The summed E-state index contributed by atoms with van der Waals surface area (Å²) in [4.78, 5) is 41.1. The van der Waals surface area contributed by atoms with Gasteiger partial charge in [-0.3, -0.25) is 4.79 Å². The number of carbonyl (C=O) groups excluding carboxylic acids is 3. The van der Waals surface area contributed by atoms with Crippen molar-refractivity contribution in [2.45, 2.75) is 217 Å². The zero-order valence-corrected chi connectivity index (χ0v) is 42.4. The fraction of sp³-hybridized carbons (Fsp3) is 0.824. The van der Waals surface area contributed by atoms with E-state index in [4.69, 9.17) is 47.4 Å². The molecule has 7 rings (SSSR count). The molecule has 5 unspecified atom stereocenters. The standard InChI is InChI=1S/C51H78O19/c1-12-23(3)45(58)67-42-35-31(51(60)19-17-30(25(5)53)50(51,9)44(42)70-46(59)24(4)13-2)15-14-28-20-29(16-18-49(28,35)8)65-34-21-32(61-10)40(26(6)63-34)68-48-39(57)43(62-11)41(27(7)64-48)69-47-38(56)37(55)36(54)33(22-52)66-47/h12-14,26-27,29-44,47-48,52,54-57,60H,15-22H2,1-11H3/b23-12+,24-13+/t26?,27?,29-,30+,31+,32+,33?,34-,35+,36+,37-,38?,39?,40+,41+,42-,43+,44+,47-,48-,49-,50-,51-/m0/s1. The normalized spacial score (nSPS) is 47.6. The second-order valence-electron chi connectivity index (χ2n) is 21.1. The fourth-order valence-corrected chi connectivity index (χ4v) is 13.1. The maximum Gasteiger partial charge on any atom is 0.333 e. The van der Waals surface area contributed by atoms with Crippen molar-refractivity contribution in [2.75, 3.05) is 20.8 Å². The fourth-order valence-electron chi connectivity index (χ4n) is 13.1. The van der Waals surface area contributed by atoms with Crippen molar-refractivity contribution < 1.29 is 92.4 Å². The molecule has 3 aliphatic heterocycles. The molecule has 3 saturated heterocycles. The van der Waals surface area contributed by atoms with Crippen LogP contribution in [-0.2, 0) is 61.8 Å². The molecule has 3 heterocycles. The van der Waals surface area contributed by atoms with E-state index in [-0.39, 0.29) is 18.3 Å². The van der Waals surface area contributed by atoms with Gasteiger partial charge in [0, 0.05) is 49.0 Å². The summed E-state index contributed by atoms with van der Waals surface area (Å²) in [5.41, 5.74) is -1.50. The molecule has 7 aliphatic rings. The van der Waals surface area contributed by atoms with Crippen molar-refractivity contribution in [3.05, 3.63) is 34.9 Å². The van der Waals surface area contributed by atoms with Crippen LogP contribution in [0.15, 0.2) is 34.9 Å². The molecule has 19 heteroatoms. The first-order chi connectivity index (χ1) is 33.0. The number of Topliss-reactive ketones (excluding diaryl/α,β-unsaturated/α-hetero) is 1. The molecule has 70 heavy (non-hydrogen) atoms. The van der Waals surface area contributed by atoms with E-state index in [1.807, 2.05) is 13.8 Å². The summed E-state index contributed by atoms with van der Waals surface area (Å²) in [6, 6.07) is 0. The van der Waals surface area contributed by atoms with Gasteiger partial charge < -0.3 is 78.0 Å². The van der Waals surface area contributed by atoms with Gasteiger partial charge in [0.05, 0.1) is 36.6 Å². The van der Waals surface area contributed by atoms with Gasteiger partial charge >= 0.3 is 11.9 Å². The van der Waals surface area contributed by atoms with Crippen LogP contribution in [0.5, 0.6) is 0 Å². The maximum absolute atomic E-state index is 13.9. The average molecular weight is 995 g/mol. The van der Waals surface area contributed by atoms with E-state index in [0.29, 0.717) is 49.7 Å². The molecule has 0 aromatic carbocycles. The highest BCUT2D eigenvalue weighted by molar-refractivity contribution is 5.89. The largest absolute Gasteiger partial charge is 0.455 e. The van der Waals surface area contributed by atoms with E-state index in [9.17, 15) is 45.0 Å². The second kappa shape index (κ2) is 21.6. The molecule has 0 aromatic rings. The Balaban J connectivity index is 1.06. The number of aliphatic hydroxyl groups is 6. The van der Waals surface area contributed by atoms with Crippen LogP contribution in [0.1, 0.15) is 107 Å². The van der Waals surface area contributed by atoms with Crippen molar-refractivity contribution in [1.29, 1.82) is 0 Å². The first kappa shape index (κ1) is 55.0. The predicted molar refractivity (Wildman–Crippen MR) is 246 cm³/mol. The predicted octanol–water partition coefficient (Wildman–Crippen LogP) is 2.47. The average Bonchev–Trinajstić information content (AvgIpc) is 3.62. The first-order valence-corrected chi connectivity index (χ1v) is 25.0. The maximum atomic E-state index is 13.9. The highest BCUT2D eigenvalue weighted by Crippen LogP contribution is 2.69. The summed E-state index contributed by atoms with van der Waals surface area (Å²) in [6.07, 6.45) is -9.67. The molecule has 396 valence electrons. The van der Waals surface area contributed by atoms with Gasteiger partial charge in [0.15, 0.2) is 18.9 Å². The summed E-state index contributed by atoms with van der Waals surface area (Å²) in [5.74, 6) is -2.83. The smallest absolute Gasteiger partial charge is 0.333 e. The van der Waals surface area contributed by atoms with Crippen LogP contribution < -0.4 is 0 Å². The Hall–Kier alpha value is -2.73. The van der Waals surface area contributed by atoms with E-state index in [1.165, 1.54) is 14.0 Å². The van der Waals surface area contributed by atoms with Crippen LogP contribution in [-0.4, -0.2) is 179 Å². The van der Waals surface area contributed by atoms with Crippen LogP contribution in [0.3, 0.4) is 0 Å². The molecule has 4 aliphatic carbocycles. The van der Waals surface area contributed by atoms with Crippen LogP contribution in [0.25, 0.3) is 0 Å². The van der Waals surface area contributed by atoms with Crippen molar-refractivity contribution >= 4 is 17.7 Å². The Morgan fingerprint density at radius 3 is 2.00 bits per heavy atom. The summed E-state index contributed by atoms with van der Waals surface area (Å²) < 4.78 is 61.8. The molecular weight excluding hydrogens is 917 g/mol. The highest BCUT2D eigenvalue weighted by atomic mass is 16.8. The van der Waals surface area contributed by atoms with Gasteiger partial charge in [0.1, 0.15) is 66.8 Å². The van der Waals surface area contributed by atoms with Gasteiger partial charge in [-0.2, -0.15) is 0 Å². The molecule has 6 N–H and O–H groups in total. The lowest BCUT2D eigenvalue weighted by Crippen LogP contribution is -2.72. The lowest BCUT2D eigenvalue weighted by Gasteiger charge is -2.64. The topological polar surface area (TPSA) is 265 Å². The van der Waals surface area contributed by atoms with E-state index >= 15 is 0 Å². The van der Waals surface area contributed by atoms with Crippen LogP contribution in [0, 0.1) is 28.6 Å². The summed E-state index contributed by atoms with van der Waals surface area (Å²) in [6.45, 7) is 15.1. The molecule has 0 spiro atoms. The van der Waals surface area contributed by atoms with Crippen LogP contribution in [0.2, 0.25) is 0 Å². The molecule has 23 atom stereocenters. The quantitative estimate of drug-likeness (QED) is 0.0829. The van der Waals surface area contributed by atoms with Gasteiger partial charge in [-0.1, -0.05) is 37.6 Å². The van der Waals surface area contributed by atoms with Gasteiger partial charge in [-0.15, -0.1) is 0 Å². The SMILES string of the molecule is C/C=C(\C)C(=O)O[C@H]1[C@H]2[C@@H](CC=C3C[C@@H](O[C@H]4C[C@@H](OC)[C@H](O[C@@H]5OC(C)[C@@H](O[C@@H]6OC(CO)[C@@H](O)[C@H](O)C6O)[C@H](OC)C5O)C(C)O4)CC[C@@]32C)[C@@]2(O)CC[C@H](C(C)=O)[C@@]2(C)[C@@H]1OC(=O)/C(C)=C/C. The lowest BCUT2D eigenvalue weighted by molar-refractivity contribution is -0.371. The molecular formula is C51H78O19. The first-order valence-electron chi connectivity index (χ1n) is 25.0. The lowest BCUT2D eigenvalue weighted by atomic mass is 9.44. The number of hydrogen-bond donors (Lipinski definition) is 6. The second-order valence-corrected chi connectivity index (χ2v) is 21.1. The van der Waals surface area contributed by atoms with E-state index in [0.717, 1.165) is 5.57 Å². The van der Waals surface area contributed by atoms with Gasteiger partial charge in [-0.05, 0) is 98.3 Å². The minimum absolute atomic E-state index is 0.121. The number of carbonyl (C=O) groups is 3. The number of allylic oxidation sites excluding steroid dienone is 3. The molecule has 3 saturated carbocycles. The van der Waals surface area contributed by atoms with Gasteiger partial charge in [-0.25, -0.2) is 9.59 Å². The molecule has 19 nitrogen and oxygen atoms in total. The van der Waals surface area contributed by atoms with Crippen molar-refractivity contribution in [3.8, 4) is 0 Å². The van der Waals surface area contributed by atoms with E-state index in [1.54, 1.807) is 53.9 Å². The van der Waals surface area contributed by atoms with Crippen LogP contribution in [0.4, 0.5) is 0 Å². The molecule has 0 aromatic heterocycles. The Bertz CT molecular complexity index is 1990. The monoisotopic (exact) mass is 995 g/mol. The molecule has 0 radical (unpaired) electrons. The number of aliphatic hydroxyl groups excluding tert-OH is 5. The number of fused-ring (bicyclic) bond motifs is 5. The van der Waals surface area contributed by atoms with E-state index in [2.05, 4.69) is 13.0 Å². The van der Waals surface area contributed by atoms with Crippen LogP contribution >= 0.6 is 0 Å². The Labute approximate surface area is 410 Å². The van der Waals surface area contributed by atoms with Gasteiger partial charge in [0.25, 0.3) is 0 Å². The summed E-state index contributed by atoms with van der Waals surface area (Å²) in [5, 5.41) is 65.5. The molecule has 6 fully saturated rings. The van der Waals surface area contributed by atoms with Crippen molar-refractivity contribution in [1.82, 2.24) is 0 Å². The molecule has 0 amide bonds. The third kappa shape index (κ3) is 9.64. The van der Waals surface area contributed by atoms with Gasteiger partial charge in [0.2, 0.25) is 0 Å². The zero-order valence-electron chi connectivity index (χ0n) is 42.4. The number of ketones is 1. The minimum Gasteiger partial charge on any atom is -0.455 e. The van der Waals surface area contributed by atoms with Crippen molar-refractivity contribution in [2.24, 2.45) is 28.6 Å². The highest BCUT2D eigenvalue weighted by Gasteiger charge is 2.75. The van der Waals surface area contributed by atoms with E-state index < -0.39 is 151 Å². The van der Waals surface area contributed by atoms with Crippen molar-refractivity contribution in [3.63, 3.8) is 0 Å². The number of esters is 2. The number of hydrogen-bond acceptors (Lipinski definition) is 19. The summed E-state index contributed by atoms with van der Waals surface area (Å²) >= 11 is 0. The number of rotatable bonds is 14. The Kier molecular flexibility index (Phi) is 17.0. The molecule has 0 bridgehead atoms. The Morgan fingerprint density at radius 1 is 0.757 bits per heavy atom. The minimum atomic E-state index is -1.68. The summed E-state index contributed by atoms with van der Waals surface area (Å²) in [7, 11) is 2.91. The third-order valence-corrected chi connectivity index (χ3v) is 17.5.